The van der Waals surface area contributed by atoms with Crippen LogP contribution in [0.4, 0.5) is 14.9 Å². The molecule has 5 nitrogen and oxygen atoms in total. The molecular weight excluding hydrogens is 249 g/mol. The van der Waals surface area contributed by atoms with E-state index in [1.165, 1.54) is 6.07 Å². The lowest BCUT2D eigenvalue weighted by Crippen LogP contribution is -2.54. The number of aliphatic hydroxyl groups excluding tert-OH is 1. The first-order valence-electron chi connectivity index (χ1n) is 6.28. The molecule has 1 saturated heterocycles. The average Bonchev–Trinajstić information content (AvgIpc) is 2.37. The van der Waals surface area contributed by atoms with Crippen LogP contribution < -0.4 is 16.0 Å². The Kier molecular flexibility index (Phi) is 4.34. The number of hydrogen-bond acceptors (Lipinski definition) is 3. The number of halogens is 1. The minimum Gasteiger partial charge on any atom is -0.391 e. The highest BCUT2D eigenvalue weighted by Gasteiger charge is 2.24. The zero-order chi connectivity index (χ0) is 13.8. The Morgan fingerprint density at radius 1 is 1.53 bits per heavy atom. The second kappa shape index (κ2) is 5.99. The third-order valence-electron chi connectivity index (χ3n) is 3.19. The summed E-state index contributed by atoms with van der Waals surface area (Å²) in [6, 6.07) is 3.72. The van der Waals surface area contributed by atoms with Crippen molar-refractivity contribution in [3.8, 4) is 0 Å². The number of carbonyl (C=O) groups is 1. The van der Waals surface area contributed by atoms with Crippen molar-refractivity contribution >= 4 is 11.7 Å². The highest BCUT2D eigenvalue weighted by Crippen LogP contribution is 2.13. The second-order valence-electron chi connectivity index (χ2n) is 4.73. The van der Waals surface area contributed by atoms with E-state index < -0.39 is 12.1 Å². The van der Waals surface area contributed by atoms with Crippen LogP contribution in [0.15, 0.2) is 18.2 Å². The van der Waals surface area contributed by atoms with Crippen LogP contribution in [0.25, 0.3) is 0 Å². The van der Waals surface area contributed by atoms with Gasteiger partial charge in [0.2, 0.25) is 0 Å². The third kappa shape index (κ3) is 3.65. The van der Waals surface area contributed by atoms with Crippen molar-refractivity contribution in [1.29, 1.82) is 0 Å². The van der Waals surface area contributed by atoms with Crippen LogP contribution in [-0.4, -0.2) is 36.4 Å². The lowest BCUT2D eigenvalue weighted by atomic mass is 10.0. The molecule has 1 aliphatic heterocycles. The standard InChI is InChI=1S/C13H18FN3O2/c1-8-2-3-9(6-10(8)14)16-13(19)17-11-7-15-5-4-12(11)18/h2-3,6,11-12,15,18H,4-5,7H2,1H3,(H2,16,17,19)/t11-,12-/m1/s1. The number of aryl methyl sites for hydroxylation is 1. The molecule has 1 aromatic rings. The van der Waals surface area contributed by atoms with Crippen molar-refractivity contribution in [1.82, 2.24) is 10.6 Å². The first-order valence-corrected chi connectivity index (χ1v) is 6.28. The van der Waals surface area contributed by atoms with E-state index in [1.807, 2.05) is 0 Å². The number of rotatable bonds is 2. The SMILES string of the molecule is Cc1ccc(NC(=O)N[C@@H]2CNCC[C@H]2O)cc1F. The molecule has 1 aliphatic rings. The van der Waals surface area contributed by atoms with Crippen LogP contribution in [-0.2, 0) is 0 Å². The fourth-order valence-corrected chi connectivity index (χ4v) is 2.00. The number of carbonyl (C=O) groups excluding carboxylic acids is 1. The Bertz CT molecular complexity index is 467. The van der Waals surface area contributed by atoms with E-state index in [0.29, 0.717) is 24.2 Å². The van der Waals surface area contributed by atoms with Gasteiger partial charge in [-0.1, -0.05) is 6.07 Å². The van der Waals surface area contributed by atoms with Gasteiger partial charge in [-0.2, -0.15) is 0 Å². The quantitative estimate of drug-likeness (QED) is 0.645. The van der Waals surface area contributed by atoms with Crippen molar-refractivity contribution in [2.75, 3.05) is 18.4 Å². The van der Waals surface area contributed by atoms with Crippen molar-refractivity contribution in [2.24, 2.45) is 0 Å². The van der Waals surface area contributed by atoms with Crippen LogP contribution in [0.3, 0.4) is 0 Å². The molecule has 0 bridgehead atoms. The number of aliphatic hydroxyl groups is 1. The number of piperidine rings is 1. The lowest BCUT2D eigenvalue weighted by Gasteiger charge is -2.29. The van der Waals surface area contributed by atoms with Gasteiger partial charge in [0.15, 0.2) is 0 Å². The van der Waals surface area contributed by atoms with Crippen molar-refractivity contribution < 1.29 is 14.3 Å². The molecule has 4 N–H and O–H groups in total. The summed E-state index contributed by atoms with van der Waals surface area (Å²) in [5.74, 6) is -0.364. The average molecular weight is 267 g/mol. The number of anilines is 1. The number of amides is 2. The van der Waals surface area contributed by atoms with Crippen molar-refractivity contribution in [2.45, 2.75) is 25.5 Å². The van der Waals surface area contributed by atoms with E-state index >= 15 is 0 Å². The van der Waals surface area contributed by atoms with Crippen molar-refractivity contribution in [3.05, 3.63) is 29.6 Å². The molecule has 0 spiro atoms. The van der Waals surface area contributed by atoms with Crippen LogP contribution in [0.5, 0.6) is 0 Å². The maximum absolute atomic E-state index is 13.3. The number of hydrogen-bond donors (Lipinski definition) is 4. The van der Waals surface area contributed by atoms with Gasteiger partial charge in [-0.15, -0.1) is 0 Å². The molecule has 2 amide bonds. The number of benzene rings is 1. The summed E-state index contributed by atoms with van der Waals surface area (Å²) in [5, 5.41) is 18.0. The molecule has 0 aliphatic carbocycles. The van der Waals surface area contributed by atoms with Gasteiger partial charge in [-0.25, -0.2) is 9.18 Å². The van der Waals surface area contributed by atoms with E-state index in [-0.39, 0.29) is 11.9 Å². The van der Waals surface area contributed by atoms with E-state index in [0.717, 1.165) is 6.54 Å². The first kappa shape index (κ1) is 13.8. The Labute approximate surface area is 111 Å². The third-order valence-corrected chi connectivity index (χ3v) is 3.19. The van der Waals surface area contributed by atoms with Gasteiger partial charge in [0.1, 0.15) is 5.82 Å². The molecule has 2 rings (SSSR count). The maximum Gasteiger partial charge on any atom is 0.319 e. The molecule has 1 fully saturated rings. The van der Waals surface area contributed by atoms with Gasteiger partial charge < -0.3 is 21.1 Å². The first-order chi connectivity index (χ1) is 9.06. The molecule has 0 aromatic heterocycles. The molecule has 0 saturated carbocycles. The van der Waals surface area contributed by atoms with E-state index in [1.54, 1.807) is 19.1 Å². The highest BCUT2D eigenvalue weighted by molar-refractivity contribution is 5.89. The highest BCUT2D eigenvalue weighted by atomic mass is 19.1. The minimum atomic E-state index is -0.554. The molecule has 2 atom stereocenters. The van der Waals surface area contributed by atoms with Crippen LogP contribution in [0, 0.1) is 12.7 Å². The molecule has 19 heavy (non-hydrogen) atoms. The monoisotopic (exact) mass is 267 g/mol. The Balaban J connectivity index is 1.91. The lowest BCUT2D eigenvalue weighted by molar-refractivity contribution is 0.103. The van der Waals surface area contributed by atoms with E-state index in [9.17, 15) is 14.3 Å². The summed E-state index contributed by atoms with van der Waals surface area (Å²) >= 11 is 0. The van der Waals surface area contributed by atoms with E-state index in [4.69, 9.17) is 0 Å². The Morgan fingerprint density at radius 3 is 3.00 bits per heavy atom. The summed E-state index contributed by atoms with van der Waals surface area (Å²) in [6.45, 7) is 2.92. The fraction of sp³-hybridized carbons (Fsp3) is 0.462. The second-order valence-corrected chi connectivity index (χ2v) is 4.73. The summed E-state index contributed by atoms with van der Waals surface area (Å²) in [7, 11) is 0. The van der Waals surface area contributed by atoms with Gasteiger partial charge in [-0.05, 0) is 37.6 Å². The summed E-state index contributed by atoms with van der Waals surface area (Å²) < 4.78 is 13.3. The van der Waals surface area contributed by atoms with Gasteiger partial charge >= 0.3 is 6.03 Å². The predicted molar refractivity (Wildman–Crippen MR) is 70.6 cm³/mol. The van der Waals surface area contributed by atoms with Gasteiger partial charge in [0, 0.05) is 12.2 Å². The van der Waals surface area contributed by atoms with Gasteiger partial charge in [0.25, 0.3) is 0 Å². The van der Waals surface area contributed by atoms with Gasteiger partial charge in [0.05, 0.1) is 12.1 Å². The van der Waals surface area contributed by atoms with Crippen LogP contribution in [0.2, 0.25) is 0 Å². The normalized spacial score (nSPS) is 22.9. The number of nitrogens with one attached hydrogen (secondary N) is 3. The summed E-state index contributed by atoms with van der Waals surface area (Å²) in [5.41, 5.74) is 0.914. The smallest absolute Gasteiger partial charge is 0.319 e. The topological polar surface area (TPSA) is 73.4 Å². The fourth-order valence-electron chi connectivity index (χ4n) is 2.00. The number of urea groups is 1. The molecule has 104 valence electrons. The molecular formula is C13H18FN3O2. The maximum atomic E-state index is 13.3. The van der Waals surface area contributed by atoms with Crippen LogP contribution in [0.1, 0.15) is 12.0 Å². The zero-order valence-electron chi connectivity index (χ0n) is 10.7. The largest absolute Gasteiger partial charge is 0.391 e. The molecule has 0 radical (unpaired) electrons. The molecule has 6 heteroatoms. The van der Waals surface area contributed by atoms with Crippen LogP contribution >= 0.6 is 0 Å². The molecule has 1 heterocycles. The molecule has 0 unspecified atom stereocenters. The summed E-state index contributed by atoms with van der Waals surface area (Å²) in [4.78, 5) is 11.7. The van der Waals surface area contributed by atoms with Gasteiger partial charge in [-0.3, -0.25) is 0 Å². The Hall–Kier alpha value is -1.66. The zero-order valence-corrected chi connectivity index (χ0v) is 10.7. The summed E-state index contributed by atoms with van der Waals surface area (Å²) in [6.07, 6.45) is 0.0474. The Morgan fingerprint density at radius 2 is 2.32 bits per heavy atom. The minimum absolute atomic E-state index is 0.330. The van der Waals surface area contributed by atoms with Crippen molar-refractivity contribution in [3.63, 3.8) is 0 Å². The van der Waals surface area contributed by atoms with E-state index in [2.05, 4.69) is 16.0 Å². The molecule has 1 aromatic carbocycles. The predicted octanol–water partition coefficient (Wildman–Crippen LogP) is 0.978.